The van der Waals surface area contributed by atoms with Crippen molar-refractivity contribution in [1.82, 2.24) is 20.4 Å². The number of nitrogens with zero attached hydrogens (tertiary/aromatic N) is 2. The quantitative estimate of drug-likeness (QED) is 0.656. The molecule has 0 saturated carbocycles. The Morgan fingerprint density at radius 3 is 2.76 bits per heavy atom. The number of hydrogen-bond acceptors (Lipinski definition) is 5. The Bertz CT molecular complexity index is 358. The van der Waals surface area contributed by atoms with E-state index >= 15 is 0 Å². The molecular formula is C14H26N4O3. The highest BCUT2D eigenvalue weighted by Gasteiger charge is 2.29. The van der Waals surface area contributed by atoms with Crippen molar-refractivity contribution in [1.29, 1.82) is 0 Å². The SMILES string of the molecule is CCNC(=O)C1COCCN1CCC(=O)N1CCNCC1. The third kappa shape index (κ3) is 4.66. The Morgan fingerprint density at radius 2 is 2.05 bits per heavy atom. The first kappa shape index (κ1) is 16.2. The number of nitrogens with one attached hydrogen (secondary N) is 2. The van der Waals surface area contributed by atoms with Crippen molar-refractivity contribution >= 4 is 11.8 Å². The molecule has 1 unspecified atom stereocenters. The molecule has 0 bridgehead atoms. The summed E-state index contributed by atoms with van der Waals surface area (Å²) in [7, 11) is 0. The number of piperazine rings is 1. The molecule has 2 N–H and O–H groups in total. The molecule has 21 heavy (non-hydrogen) atoms. The summed E-state index contributed by atoms with van der Waals surface area (Å²) in [5.74, 6) is 0.171. The van der Waals surface area contributed by atoms with Gasteiger partial charge in [0.1, 0.15) is 6.04 Å². The van der Waals surface area contributed by atoms with Crippen LogP contribution in [0.3, 0.4) is 0 Å². The van der Waals surface area contributed by atoms with E-state index in [1.54, 1.807) is 0 Å². The minimum atomic E-state index is -0.269. The standard InChI is InChI=1S/C14H26N4O3/c1-2-16-14(20)12-11-21-10-9-17(12)6-3-13(19)18-7-4-15-5-8-18/h12,15H,2-11H2,1H3,(H,16,20). The summed E-state index contributed by atoms with van der Waals surface area (Å²) in [6, 6.07) is -0.269. The number of hydrogen-bond donors (Lipinski definition) is 2. The molecule has 2 fully saturated rings. The van der Waals surface area contributed by atoms with Gasteiger partial charge in [-0.05, 0) is 6.92 Å². The third-order valence-electron chi connectivity index (χ3n) is 3.98. The fourth-order valence-electron chi connectivity index (χ4n) is 2.75. The van der Waals surface area contributed by atoms with Crippen molar-refractivity contribution in [2.75, 3.05) is 59.0 Å². The fraction of sp³-hybridized carbons (Fsp3) is 0.857. The van der Waals surface area contributed by atoms with E-state index in [-0.39, 0.29) is 17.9 Å². The summed E-state index contributed by atoms with van der Waals surface area (Å²) in [6.45, 7) is 8.16. The first-order valence-corrected chi connectivity index (χ1v) is 7.80. The summed E-state index contributed by atoms with van der Waals surface area (Å²) in [6.07, 6.45) is 0.468. The Kier molecular flexibility index (Phi) is 6.41. The number of carbonyl (C=O) groups is 2. The van der Waals surface area contributed by atoms with Crippen LogP contribution in [-0.2, 0) is 14.3 Å². The largest absolute Gasteiger partial charge is 0.378 e. The molecule has 120 valence electrons. The molecule has 0 aromatic heterocycles. The van der Waals surface area contributed by atoms with Crippen molar-refractivity contribution in [3.63, 3.8) is 0 Å². The average molecular weight is 298 g/mol. The van der Waals surface area contributed by atoms with Crippen LogP contribution >= 0.6 is 0 Å². The molecule has 2 aliphatic rings. The third-order valence-corrected chi connectivity index (χ3v) is 3.98. The van der Waals surface area contributed by atoms with Gasteiger partial charge in [-0.15, -0.1) is 0 Å². The Balaban J connectivity index is 1.81. The van der Waals surface area contributed by atoms with Crippen LogP contribution in [0.2, 0.25) is 0 Å². The first-order valence-electron chi connectivity index (χ1n) is 7.80. The second-order valence-corrected chi connectivity index (χ2v) is 5.40. The van der Waals surface area contributed by atoms with Crippen molar-refractivity contribution < 1.29 is 14.3 Å². The molecule has 0 radical (unpaired) electrons. The van der Waals surface area contributed by atoms with Gasteiger partial charge in [0.2, 0.25) is 11.8 Å². The van der Waals surface area contributed by atoms with E-state index in [4.69, 9.17) is 4.74 Å². The molecule has 2 heterocycles. The summed E-state index contributed by atoms with van der Waals surface area (Å²) in [5.41, 5.74) is 0. The number of ether oxygens (including phenoxy) is 1. The lowest BCUT2D eigenvalue weighted by atomic mass is 10.2. The first-order chi connectivity index (χ1) is 10.2. The molecule has 2 amide bonds. The Labute approximate surface area is 126 Å². The number of carbonyl (C=O) groups excluding carboxylic acids is 2. The maximum atomic E-state index is 12.2. The monoisotopic (exact) mass is 298 g/mol. The maximum absolute atomic E-state index is 12.2. The van der Waals surface area contributed by atoms with Crippen LogP contribution in [0.4, 0.5) is 0 Å². The van der Waals surface area contributed by atoms with Gasteiger partial charge < -0.3 is 20.3 Å². The van der Waals surface area contributed by atoms with Gasteiger partial charge in [0.15, 0.2) is 0 Å². The van der Waals surface area contributed by atoms with E-state index < -0.39 is 0 Å². The molecule has 7 nitrogen and oxygen atoms in total. The minimum absolute atomic E-state index is 0.00757. The number of amides is 2. The van der Waals surface area contributed by atoms with Gasteiger partial charge >= 0.3 is 0 Å². The zero-order valence-corrected chi connectivity index (χ0v) is 12.8. The van der Waals surface area contributed by atoms with Crippen molar-refractivity contribution in [2.24, 2.45) is 0 Å². The zero-order valence-electron chi connectivity index (χ0n) is 12.8. The van der Waals surface area contributed by atoms with Crippen molar-refractivity contribution in [2.45, 2.75) is 19.4 Å². The second kappa shape index (κ2) is 8.31. The van der Waals surface area contributed by atoms with Gasteiger partial charge in [0, 0.05) is 52.2 Å². The van der Waals surface area contributed by atoms with E-state index in [0.717, 1.165) is 26.2 Å². The lowest BCUT2D eigenvalue weighted by Gasteiger charge is -2.35. The summed E-state index contributed by atoms with van der Waals surface area (Å²) in [4.78, 5) is 28.2. The number of morpholine rings is 1. The van der Waals surface area contributed by atoms with E-state index in [1.807, 2.05) is 11.8 Å². The summed E-state index contributed by atoms with van der Waals surface area (Å²) >= 11 is 0. The molecule has 0 spiro atoms. The summed E-state index contributed by atoms with van der Waals surface area (Å²) < 4.78 is 5.40. The van der Waals surface area contributed by atoms with Gasteiger partial charge in [-0.3, -0.25) is 14.5 Å². The van der Waals surface area contributed by atoms with Gasteiger partial charge in [-0.2, -0.15) is 0 Å². The van der Waals surface area contributed by atoms with Gasteiger partial charge in [0.05, 0.1) is 13.2 Å². The molecule has 2 rings (SSSR count). The van der Waals surface area contributed by atoms with E-state index in [0.29, 0.717) is 39.3 Å². The highest BCUT2D eigenvalue weighted by atomic mass is 16.5. The molecule has 0 aromatic rings. The maximum Gasteiger partial charge on any atom is 0.239 e. The summed E-state index contributed by atoms with van der Waals surface area (Å²) in [5, 5.41) is 6.07. The predicted molar refractivity (Wildman–Crippen MR) is 78.9 cm³/mol. The average Bonchev–Trinajstić information content (AvgIpc) is 2.54. The Hall–Kier alpha value is -1.18. The second-order valence-electron chi connectivity index (χ2n) is 5.40. The minimum Gasteiger partial charge on any atom is -0.378 e. The van der Waals surface area contributed by atoms with Crippen LogP contribution in [0.25, 0.3) is 0 Å². The lowest BCUT2D eigenvalue weighted by Crippen LogP contribution is -2.54. The molecule has 2 saturated heterocycles. The van der Waals surface area contributed by atoms with E-state index in [2.05, 4.69) is 15.5 Å². The van der Waals surface area contributed by atoms with Crippen molar-refractivity contribution in [3.05, 3.63) is 0 Å². The van der Waals surface area contributed by atoms with E-state index in [1.165, 1.54) is 0 Å². The molecule has 0 aromatic carbocycles. The van der Waals surface area contributed by atoms with Crippen LogP contribution in [-0.4, -0.2) is 86.7 Å². The fourth-order valence-corrected chi connectivity index (χ4v) is 2.75. The van der Waals surface area contributed by atoms with Gasteiger partial charge in [0.25, 0.3) is 0 Å². The molecular weight excluding hydrogens is 272 g/mol. The van der Waals surface area contributed by atoms with Crippen molar-refractivity contribution in [3.8, 4) is 0 Å². The van der Waals surface area contributed by atoms with Crippen LogP contribution in [0, 0.1) is 0 Å². The lowest BCUT2D eigenvalue weighted by molar-refractivity contribution is -0.136. The molecule has 1 atom stereocenters. The Morgan fingerprint density at radius 1 is 1.29 bits per heavy atom. The van der Waals surface area contributed by atoms with Crippen LogP contribution in [0.1, 0.15) is 13.3 Å². The van der Waals surface area contributed by atoms with Crippen LogP contribution < -0.4 is 10.6 Å². The zero-order chi connectivity index (χ0) is 15.1. The van der Waals surface area contributed by atoms with Crippen LogP contribution in [0.5, 0.6) is 0 Å². The topological polar surface area (TPSA) is 73.9 Å². The molecule has 0 aliphatic carbocycles. The highest BCUT2D eigenvalue weighted by Crippen LogP contribution is 2.09. The van der Waals surface area contributed by atoms with Gasteiger partial charge in [-0.1, -0.05) is 0 Å². The normalized spacial score (nSPS) is 23.9. The smallest absolute Gasteiger partial charge is 0.239 e. The van der Waals surface area contributed by atoms with Crippen LogP contribution in [0.15, 0.2) is 0 Å². The van der Waals surface area contributed by atoms with E-state index in [9.17, 15) is 9.59 Å². The number of rotatable bonds is 5. The molecule has 7 heteroatoms. The molecule has 2 aliphatic heterocycles. The number of likely N-dealkylation sites (N-methyl/N-ethyl adjacent to an activating group) is 1. The predicted octanol–water partition coefficient (Wildman–Crippen LogP) is -1.35. The van der Waals surface area contributed by atoms with Gasteiger partial charge in [-0.25, -0.2) is 0 Å². The highest BCUT2D eigenvalue weighted by molar-refractivity contribution is 5.82.